The molecule has 1 aromatic rings. The molecule has 2 nitrogen and oxygen atoms in total. The molecule has 0 bridgehead atoms. The summed E-state index contributed by atoms with van der Waals surface area (Å²) in [6.45, 7) is 4.29. The normalized spacial score (nSPS) is 31.7. The monoisotopic (exact) mass is 246 g/mol. The van der Waals surface area contributed by atoms with Gasteiger partial charge in [-0.05, 0) is 42.9 Å². The van der Waals surface area contributed by atoms with Gasteiger partial charge in [-0.15, -0.1) is 0 Å². The number of rotatable bonds is 2. The molecule has 1 N–H and O–H groups in total. The molecule has 3 atom stereocenters. The van der Waals surface area contributed by atoms with Gasteiger partial charge in [0, 0.05) is 5.69 Å². The highest BCUT2D eigenvalue weighted by Gasteiger charge is 2.41. The van der Waals surface area contributed by atoms with E-state index in [4.69, 9.17) is 0 Å². The Hall–Kier alpha value is -1.56. The Morgan fingerprint density at radius 2 is 2.22 bits per heavy atom. The number of anilines is 1. The second-order valence-electron chi connectivity index (χ2n) is 5.38. The second-order valence-corrected chi connectivity index (χ2v) is 5.38. The Balaban J connectivity index is 2.26. The Morgan fingerprint density at radius 3 is 2.89 bits per heavy atom. The van der Waals surface area contributed by atoms with Crippen LogP contribution in [0.15, 0.2) is 24.3 Å². The molecule has 3 heteroatoms. The first-order valence-electron chi connectivity index (χ1n) is 6.52. The van der Waals surface area contributed by atoms with E-state index < -0.39 is 5.54 Å². The first kappa shape index (κ1) is 12.9. The van der Waals surface area contributed by atoms with Crippen LogP contribution in [0.4, 0.5) is 10.1 Å². The number of hydrogen-bond acceptors (Lipinski definition) is 2. The Labute approximate surface area is 108 Å². The minimum Gasteiger partial charge on any atom is -0.367 e. The van der Waals surface area contributed by atoms with Crippen molar-refractivity contribution in [2.75, 3.05) is 5.32 Å². The average Bonchev–Trinajstić information content (AvgIpc) is 2.35. The summed E-state index contributed by atoms with van der Waals surface area (Å²) in [5.41, 5.74) is 0.128. The van der Waals surface area contributed by atoms with Crippen LogP contribution in [0.2, 0.25) is 0 Å². The molecular weight excluding hydrogens is 227 g/mol. The summed E-state index contributed by atoms with van der Waals surface area (Å²) in [7, 11) is 0. The van der Waals surface area contributed by atoms with Gasteiger partial charge < -0.3 is 5.32 Å². The van der Waals surface area contributed by atoms with Gasteiger partial charge in [-0.2, -0.15) is 5.26 Å². The molecule has 0 saturated heterocycles. The summed E-state index contributed by atoms with van der Waals surface area (Å²) < 4.78 is 13.2. The van der Waals surface area contributed by atoms with Crippen LogP contribution in [0.5, 0.6) is 0 Å². The molecule has 1 aliphatic carbocycles. The highest BCUT2D eigenvalue weighted by atomic mass is 19.1. The van der Waals surface area contributed by atoms with Crippen molar-refractivity contribution in [3.63, 3.8) is 0 Å². The van der Waals surface area contributed by atoms with Crippen LogP contribution in [-0.4, -0.2) is 5.54 Å². The van der Waals surface area contributed by atoms with Crippen LogP contribution < -0.4 is 5.32 Å². The molecule has 3 unspecified atom stereocenters. The highest BCUT2D eigenvalue weighted by molar-refractivity contribution is 5.48. The van der Waals surface area contributed by atoms with Gasteiger partial charge in [-0.3, -0.25) is 0 Å². The number of nitrogens with one attached hydrogen (secondary N) is 1. The van der Waals surface area contributed by atoms with Crippen molar-refractivity contribution in [1.29, 1.82) is 5.26 Å². The van der Waals surface area contributed by atoms with E-state index in [0.29, 0.717) is 11.6 Å². The fraction of sp³-hybridized carbons (Fsp3) is 0.533. The number of hydrogen-bond donors (Lipinski definition) is 1. The molecule has 1 saturated carbocycles. The van der Waals surface area contributed by atoms with Crippen molar-refractivity contribution in [3.8, 4) is 6.07 Å². The molecule has 1 fully saturated rings. The van der Waals surface area contributed by atoms with E-state index in [2.05, 4.69) is 25.2 Å². The van der Waals surface area contributed by atoms with Crippen molar-refractivity contribution in [1.82, 2.24) is 0 Å². The van der Waals surface area contributed by atoms with E-state index in [0.717, 1.165) is 19.3 Å². The van der Waals surface area contributed by atoms with Gasteiger partial charge in [-0.1, -0.05) is 26.3 Å². The van der Waals surface area contributed by atoms with Crippen LogP contribution in [-0.2, 0) is 0 Å². The highest BCUT2D eigenvalue weighted by Crippen LogP contribution is 2.39. The Kier molecular flexibility index (Phi) is 3.56. The fourth-order valence-electron chi connectivity index (χ4n) is 2.85. The quantitative estimate of drug-likeness (QED) is 0.857. The third-order valence-electron chi connectivity index (χ3n) is 4.25. The van der Waals surface area contributed by atoms with Crippen LogP contribution in [0.1, 0.15) is 33.1 Å². The van der Waals surface area contributed by atoms with E-state index in [-0.39, 0.29) is 11.7 Å². The maximum atomic E-state index is 13.2. The van der Waals surface area contributed by atoms with Gasteiger partial charge in [0.25, 0.3) is 0 Å². The zero-order valence-corrected chi connectivity index (χ0v) is 10.9. The molecule has 1 aliphatic rings. The van der Waals surface area contributed by atoms with E-state index in [9.17, 15) is 9.65 Å². The van der Waals surface area contributed by atoms with E-state index in [1.54, 1.807) is 6.07 Å². The van der Waals surface area contributed by atoms with Crippen molar-refractivity contribution in [3.05, 3.63) is 30.1 Å². The molecule has 96 valence electrons. The summed E-state index contributed by atoms with van der Waals surface area (Å²) >= 11 is 0. The summed E-state index contributed by atoms with van der Waals surface area (Å²) in [5, 5.41) is 12.8. The summed E-state index contributed by atoms with van der Waals surface area (Å²) in [6.07, 6.45) is 3.03. The molecule has 0 amide bonds. The smallest absolute Gasteiger partial charge is 0.128 e. The number of benzene rings is 1. The lowest BCUT2D eigenvalue weighted by Gasteiger charge is -2.42. The molecule has 2 rings (SSSR count). The van der Waals surface area contributed by atoms with Gasteiger partial charge >= 0.3 is 0 Å². The number of halogens is 1. The number of nitriles is 1. The lowest BCUT2D eigenvalue weighted by Crippen LogP contribution is -2.48. The molecule has 0 aliphatic heterocycles. The number of nitrogens with zero attached hydrogens (tertiary/aromatic N) is 1. The van der Waals surface area contributed by atoms with Gasteiger partial charge in [0.05, 0.1) is 6.07 Å². The summed E-state index contributed by atoms with van der Waals surface area (Å²) in [4.78, 5) is 0. The lowest BCUT2D eigenvalue weighted by molar-refractivity contribution is 0.206. The van der Waals surface area contributed by atoms with E-state index in [1.807, 2.05) is 6.07 Å². The fourth-order valence-corrected chi connectivity index (χ4v) is 2.85. The first-order chi connectivity index (χ1) is 8.57. The predicted molar refractivity (Wildman–Crippen MR) is 70.5 cm³/mol. The van der Waals surface area contributed by atoms with E-state index >= 15 is 0 Å². The van der Waals surface area contributed by atoms with Gasteiger partial charge in [0.1, 0.15) is 11.4 Å². The third-order valence-corrected chi connectivity index (χ3v) is 4.25. The molecule has 0 aromatic heterocycles. The largest absolute Gasteiger partial charge is 0.367 e. The molecule has 0 radical (unpaired) electrons. The second kappa shape index (κ2) is 4.97. The van der Waals surface area contributed by atoms with Crippen LogP contribution >= 0.6 is 0 Å². The van der Waals surface area contributed by atoms with Crippen molar-refractivity contribution >= 4 is 5.69 Å². The predicted octanol–water partition coefficient (Wildman–Crippen LogP) is 3.96. The Morgan fingerprint density at radius 1 is 1.44 bits per heavy atom. The zero-order valence-electron chi connectivity index (χ0n) is 10.9. The van der Waals surface area contributed by atoms with Gasteiger partial charge in [0.15, 0.2) is 0 Å². The molecule has 0 heterocycles. The SMILES string of the molecule is CC1CCCC(C#N)(Nc2cccc(F)c2)C1C. The van der Waals surface area contributed by atoms with Crippen LogP contribution in [0, 0.1) is 29.0 Å². The maximum absolute atomic E-state index is 13.2. The Bertz CT molecular complexity index is 466. The van der Waals surface area contributed by atoms with Crippen molar-refractivity contribution < 1.29 is 4.39 Å². The van der Waals surface area contributed by atoms with E-state index in [1.165, 1.54) is 12.1 Å². The first-order valence-corrected chi connectivity index (χ1v) is 6.52. The van der Waals surface area contributed by atoms with Crippen molar-refractivity contribution in [2.24, 2.45) is 11.8 Å². The molecule has 0 spiro atoms. The van der Waals surface area contributed by atoms with Gasteiger partial charge in [0.2, 0.25) is 0 Å². The van der Waals surface area contributed by atoms with Gasteiger partial charge in [-0.25, -0.2) is 4.39 Å². The summed E-state index contributed by atoms with van der Waals surface area (Å²) in [6, 6.07) is 8.78. The van der Waals surface area contributed by atoms with Crippen LogP contribution in [0.3, 0.4) is 0 Å². The molecular formula is C15H19FN2. The molecule has 1 aromatic carbocycles. The molecule has 18 heavy (non-hydrogen) atoms. The topological polar surface area (TPSA) is 35.8 Å². The van der Waals surface area contributed by atoms with Crippen molar-refractivity contribution in [2.45, 2.75) is 38.6 Å². The minimum atomic E-state index is -0.564. The standard InChI is InChI=1S/C15H19FN2/c1-11-5-4-8-15(10-17,12(11)2)18-14-7-3-6-13(16)9-14/h3,6-7,9,11-12,18H,4-5,8H2,1-2H3. The maximum Gasteiger partial charge on any atom is 0.128 e. The zero-order chi connectivity index (χ0) is 13.2. The lowest BCUT2D eigenvalue weighted by atomic mass is 9.69. The average molecular weight is 246 g/mol. The third kappa shape index (κ3) is 2.33. The summed E-state index contributed by atoms with van der Waals surface area (Å²) in [5.74, 6) is 0.503. The van der Waals surface area contributed by atoms with Crippen LogP contribution in [0.25, 0.3) is 0 Å². The minimum absolute atomic E-state index is 0.263.